The third-order valence-corrected chi connectivity index (χ3v) is 1.74. The van der Waals surface area contributed by atoms with Gasteiger partial charge in [0, 0.05) is 13.2 Å². The number of aryl methyl sites for hydroxylation is 2. The molecule has 10 heavy (non-hydrogen) atoms. The predicted octanol–water partition coefficient (Wildman–Crippen LogP) is 1.21. The van der Waals surface area contributed by atoms with E-state index in [0.29, 0.717) is 0 Å². The summed E-state index contributed by atoms with van der Waals surface area (Å²) in [7, 11) is 1.98. The van der Waals surface area contributed by atoms with Crippen molar-refractivity contribution >= 4 is 11.2 Å². The van der Waals surface area contributed by atoms with Crippen LogP contribution in [0.4, 0.5) is 0 Å². The van der Waals surface area contributed by atoms with Crippen molar-refractivity contribution in [2.24, 2.45) is 7.05 Å². The van der Waals surface area contributed by atoms with E-state index < -0.39 is 0 Å². The summed E-state index contributed by atoms with van der Waals surface area (Å²) in [4.78, 5) is 4.12. The van der Waals surface area contributed by atoms with Crippen LogP contribution in [0.25, 0.3) is 11.2 Å². The second-order valence-corrected chi connectivity index (χ2v) is 2.50. The predicted molar refractivity (Wildman–Crippen MR) is 39.8 cm³/mol. The van der Waals surface area contributed by atoms with Gasteiger partial charge in [-0.05, 0) is 18.6 Å². The van der Waals surface area contributed by atoms with Crippen LogP contribution in [-0.4, -0.2) is 14.8 Å². The van der Waals surface area contributed by atoms with Gasteiger partial charge in [0.25, 0.3) is 0 Å². The molecule has 2 rings (SSSR count). The van der Waals surface area contributed by atoms with Crippen molar-refractivity contribution in [2.45, 2.75) is 6.92 Å². The molecule has 3 nitrogen and oxygen atoms in total. The Labute approximate surface area is 58.7 Å². The number of pyridine rings is 1. The van der Waals surface area contributed by atoms with E-state index in [1.54, 1.807) is 0 Å². The van der Waals surface area contributed by atoms with E-state index in [0.717, 1.165) is 5.65 Å². The highest BCUT2D eigenvalue weighted by atomic mass is 15.3. The fourth-order valence-electron chi connectivity index (χ4n) is 1.22. The molecule has 0 atom stereocenters. The van der Waals surface area contributed by atoms with E-state index in [1.807, 2.05) is 24.0 Å². The molecule has 0 saturated carbocycles. The zero-order valence-corrected chi connectivity index (χ0v) is 6.05. The lowest BCUT2D eigenvalue weighted by Crippen LogP contribution is -2.07. The molecule has 0 aliphatic rings. The van der Waals surface area contributed by atoms with Crippen molar-refractivity contribution in [3.05, 3.63) is 17.8 Å². The smallest absolute Gasteiger partial charge is 0.170 e. The molecule has 2 aromatic rings. The van der Waals surface area contributed by atoms with Crippen LogP contribution in [0.3, 0.4) is 0 Å². The van der Waals surface area contributed by atoms with Crippen LogP contribution in [-0.2, 0) is 7.05 Å². The molecule has 2 aromatic heterocycles. The Morgan fingerprint density at radius 1 is 1.60 bits per heavy atom. The monoisotopic (exact) mass is 135 g/mol. The molecule has 0 fully saturated rings. The van der Waals surface area contributed by atoms with Crippen LogP contribution in [0.2, 0.25) is 0 Å². The summed E-state index contributed by atoms with van der Waals surface area (Å²) in [5.41, 5.74) is 3.47. The fourth-order valence-corrected chi connectivity index (χ4v) is 1.22. The van der Waals surface area contributed by atoms with E-state index in [9.17, 15) is 0 Å². The lowest BCUT2D eigenvalue weighted by molar-refractivity contribution is 0.748. The zero-order chi connectivity index (χ0) is 7.14. The maximum atomic E-state index is 4.12. The van der Waals surface area contributed by atoms with Gasteiger partial charge >= 0.3 is 0 Å². The fraction of sp³-hybridized carbons (Fsp3) is 0.286. The number of hydrogen-bond acceptors (Lipinski definition) is 1. The Hall–Kier alpha value is -1.25. The van der Waals surface area contributed by atoms with Crippen LogP contribution in [0.5, 0.6) is 0 Å². The lowest BCUT2D eigenvalue weighted by Gasteiger charge is -2.11. The van der Waals surface area contributed by atoms with Gasteiger partial charge in [0.1, 0.15) is 5.52 Å². The number of H-pyrrole nitrogens is 1. The van der Waals surface area contributed by atoms with Crippen LogP contribution < -0.4 is 0 Å². The lowest BCUT2D eigenvalue weighted by atomic mass is 10.2. The van der Waals surface area contributed by atoms with Gasteiger partial charge < -0.3 is 0 Å². The van der Waals surface area contributed by atoms with Crippen molar-refractivity contribution in [1.82, 2.24) is 14.8 Å². The highest BCUT2D eigenvalue weighted by Crippen LogP contribution is 2.13. The number of fused-ring (bicyclic) bond motifs is 1. The maximum Gasteiger partial charge on any atom is 0.170 e. The van der Waals surface area contributed by atoms with Crippen LogP contribution >= 0.6 is 0 Å². The SMILES string of the molecule is Cc1ccnc2[nH]n(C)c12. The largest absolute Gasteiger partial charge is 0.286 e. The van der Waals surface area contributed by atoms with Gasteiger partial charge in [0.05, 0.1) is 0 Å². The average molecular weight is 135 g/mol. The standard InChI is InChI=1S/C7H9N3/c1-5-3-4-8-7-6(5)10(2)9-7/h3-4H,1-2H3,(H,8,9). The number of aromatic amines is 1. The minimum atomic E-state index is 0.988. The van der Waals surface area contributed by atoms with Gasteiger partial charge in [-0.1, -0.05) is 0 Å². The molecule has 52 valence electrons. The molecular formula is C7H9N3. The molecule has 0 unspecified atom stereocenters. The highest BCUT2D eigenvalue weighted by Gasteiger charge is 2.03. The van der Waals surface area contributed by atoms with Gasteiger partial charge in [-0.15, -0.1) is 0 Å². The van der Waals surface area contributed by atoms with E-state index in [1.165, 1.54) is 11.1 Å². The molecule has 0 aliphatic heterocycles. The first kappa shape index (κ1) is 5.53. The molecule has 0 spiro atoms. The Morgan fingerprint density at radius 2 is 2.40 bits per heavy atom. The van der Waals surface area contributed by atoms with Gasteiger partial charge in [0.2, 0.25) is 0 Å². The van der Waals surface area contributed by atoms with Gasteiger partial charge in [-0.3, -0.25) is 9.78 Å². The summed E-state index contributed by atoms with van der Waals surface area (Å²) < 4.78 is 1.97. The molecule has 1 N–H and O–H groups in total. The number of aromatic nitrogens is 3. The topological polar surface area (TPSA) is 33.6 Å². The summed E-state index contributed by atoms with van der Waals surface area (Å²) in [6.07, 6.45) is 1.81. The molecule has 2 heterocycles. The molecule has 0 aromatic carbocycles. The third-order valence-electron chi connectivity index (χ3n) is 1.74. The Bertz CT molecular complexity index is 356. The molecule has 0 bridgehead atoms. The average Bonchev–Trinajstić information content (AvgIpc) is 1.85. The maximum absolute atomic E-state index is 4.12. The van der Waals surface area contributed by atoms with Gasteiger partial charge in [-0.25, -0.2) is 4.98 Å². The molecule has 3 heteroatoms. The summed E-state index contributed by atoms with van der Waals surface area (Å²) >= 11 is 0. The van der Waals surface area contributed by atoms with Crippen molar-refractivity contribution in [3.63, 3.8) is 0 Å². The second-order valence-electron chi connectivity index (χ2n) is 2.50. The van der Waals surface area contributed by atoms with Gasteiger partial charge in [0.15, 0.2) is 5.65 Å². The van der Waals surface area contributed by atoms with Crippen LogP contribution in [0, 0.1) is 6.92 Å². The Kier molecular flexibility index (Phi) is 0.897. The normalized spacial score (nSPS) is 11.0. The highest BCUT2D eigenvalue weighted by molar-refractivity contribution is 5.75. The molecule has 0 radical (unpaired) electrons. The minimum absolute atomic E-state index is 0.988. The van der Waals surface area contributed by atoms with Gasteiger partial charge in [-0.2, -0.15) is 0 Å². The quantitative estimate of drug-likeness (QED) is 0.578. The number of hydrogen-bond donors (Lipinski definition) is 1. The number of nitrogens with one attached hydrogen (secondary N) is 1. The first-order valence-electron chi connectivity index (χ1n) is 3.25. The Balaban J connectivity index is 2.84. The first-order valence-corrected chi connectivity index (χ1v) is 3.25. The van der Waals surface area contributed by atoms with E-state index in [-0.39, 0.29) is 0 Å². The summed E-state index contributed by atoms with van der Waals surface area (Å²) in [5, 5.41) is 3.05. The van der Waals surface area contributed by atoms with E-state index in [4.69, 9.17) is 0 Å². The van der Waals surface area contributed by atoms with Crippen LogP contribution in [0.15, 0.2) is 12.3 Å². The van der Waals surface area contributed by atoms with E-state index in [2.05, 4.69) is 17.0 Å². The summed E-state index contributed by atoms with van der Waals surface area (Å²) in [6.45, 7) is 2.08. The van der Waals surface area contributed by atoms with Crippen LogP contribution in [0.1, 0.15) is 5.56 Å². The molecular weight excluding hydrogens is 126 g/mol. The zero-order valence-electron chi connectivity index (χ0n) is 6.05. The van der Waals surface area contributed by atoms with Crippen molar-refractivity contribution in [2.75, 3.05) is 0 Å². The first-order chi connectivity index (χ1) is 4.79. The van der Waals surface area contributed by atoms with Crippen molar-refractivity contribution in [1.29, 1.82) is 0 Å². The molecule has 0 amide bonds. The molecule has 0 saturated heterocycles. The van der Waals surface area contributed by atoms with E-state index >= 15 is 0 Å². The Morgan fingerprint density at radius 3 is 2.90 bits per heavy atom. The summed E-state index contributed by atoms with van der Waals surface area (Å²) in [5.74, 6) is 0. The summed E-state index contributed by atoms with van der Waals surface area (Å²) in [6, 6.07) is 2.01. The number of nitrogens with zero attached hydrogens (tertiary/aromatic N) is 2. The third kappa shape index (κ3) is 0.518. The second kappa shape index (κ2) is 1.62. The molecule has 0 aliphatic carbocycles. The van der Waals surface area contributed by atoms with Crippen molar-refractivity contribution < 1.29 is 0 Å². The number of rotatable bonds is 0. The van der Waals surface area contributed by atoms with Crippen molar-refractivity contribution in [3.8, 4) is 0 Å². The minimum Gasteiger partial charge on any atom is -0.286 e.